The quantitative estimate of drug-likeness (QED) is 0.142. The molecule has 0 saturated heterocycles. The Morgan fingerprint density at radius 2 is 1.27 bits per heavy atom. The molecule has 0 heterocycles. The van der Waals surface area contributed by atoms with Crippen LogP contribution in [0.3, 0.4) is 0 Å². The highest BCUT2D eigenvalue weighted by molar-refractivity contribution is 5.99. The van der Waals surface area contributed by atoms with Crippen LogP contribution in [0.15, 0.2) is 71.8 Å². The SMILES string of the molecule is CC(=O)c1ccccc1C[N+](C)(C)CCCC(=O)C1=CCCC=C1C[N+](C)(C)CCOC(=O)c1ccccc1C[N+](C)(C)C. The van der Waals surface area contributed by atoms with Gasteiger partial charge >= 0.3 is 5.97 Å². The van der Waals surface area contributed by atoms with Crippen molar-refractivity contribution in [1.82, 2.24) is 0 Å². The second-order valence-electron chi connectivity index (χ2n) is 14.5. The molecule has 7 heteroatoms. The first-order chi connectivity index (χ1) is 20.6. The minimum Gasteiger partial charge on any atom is -0.456 e. The van der Waals surface area contributed by atoms with E-state index in [-0.39, 0.29) is 17.5 Å². The van der Waals surface area contributed by atoms with Crippen LogP contribution in [0.2, 0.25) is 0 Å². The van der Waals surface area contributed by atoms with Crippen molar-refractivity contribution in [1.29, 1.82) is 0 Å². The molecule has 0 unspecified atom stereocenters. The van der Waals surface area contributed by atoms with Gasteiger partial charge in [0.1, 0.15) is 32.8 Å². The summed E-state index contributed by atoms with van der Waals surface area (Å²) in [7, 11) is 14.9. The number of Topliss-reactive ketones (excluding diaryl/α,β-unsaturated/α-hetero) is 2. The van der Waals surface area contributed by atoms with E-state index >= 15 is 0 Å². The molecule has 44 heavy (non-hydrogen) atoms. The topological polar surface area (TPSA) is 60.4 Å². The number of ketones is 2. The number of quaternary nitrogens is 3. The monoisotopic (exact) mass is 604 g/mol. The molecule has 0 aliphatic heterocycles. The number of ether oxygens (including phenoxy) is 1. The smallest absolute Gasteiger partial charge is 0.338 e. The van der Waals surface area contributed by atoms with Gasteiger partial charge in [0, 0.05) is 40.7 Å². The fourth-order valence-electron chi connectivity index (χ4n) is 5.88. The molecule has 1 aliphatic rings. The normalized spacial score (nSPS) is 14.1. The van der Waals surface area contributed by atoms with Gasteiger partial charge in [0.2, 0.25) is 0 Å². The Morgan fingerprint density at radius 1 is 0.705 bits per heavy atom. The summed E-state index contributed by atoms with van der Waals surface area (Å²) in [6.07, 6.45) is 7.40. The summed E-state index contributed by atoms with van der Waals surface area (Å²) in [5, 5.41) is 0. The first kappa shape index (κ1) is 35.1. The third-order valence-corrected chi connectivity index (χ3v) is 8.12. The van der Waals surface area contributed by atoms with E-state index < -0.39 is 0 Å². The molecule has 0 aromatic heterocycles. The van der Waals surface area contributed by atoms with E-state index in [4.69, 9.17) is 4.74 Å². The number of hydrogen-bond donors (Lipinski definition) is 0. The average Bonchev–Trinajstić information content (AvgIpc) is 2.92. The second kappa shape index (κ2) is 15.1. The van der Waals surface area contributed by atoms with Crippen molar-refractivity contribution in [3.05, 3.63) is 94.1 Å². The van der Waals surface area contributed by atoms with Crippen LogP contribution in [0, 0.1) is 0 Å². The van der Waals surface area contributed by atoms with Crippen LogP contribution >= 0.6 is 0 Å². The summed E-state index contributed by atoms with van der Waals surface area (Å²) in [6.45, 7) is 5.61. The number of carbonyl (C=O) groups excluding carboxylic acids is 3. The molecule has 0 saturated carbocycles. The third kappa shape index (κ3) is 11.0. The molecular weight excluding hydrogens is 550 g/mol. The lowest BCUT2D eigenvalue weighted by Gasteiger charge is -2.32. The number of esters is 1. The van der Waals surface area contributed by atoms with Gasteiger partial charge in [-0.3, -0.25) is 9.59 Å². The van der Waals surface area contributed by atoms with Gasteiger partial charge < -0.3 is 18.2 Å². The van der Waals surface area contributed by atoms with Crippen LogP contribution in [-0.4, -0.2) is 107 Å². The molecule has 2 aromatic rings. The Morgan fingerprint density at radius 3 is 1.91 bits per heavy atom. The maximum atomic E-state index is 13.4. The van der Waals surface area contributed by atoms with E-state index in [0.717, 1.165) is 71.2 Å². The Balaban J connectivity index is 1.52. The van der Waals surface area contributed by atoms with Crippen molar-refractivity contribution in [3.63, 3.8) is 0 Å². The molecule has 0 atom stereocenters. The minimum absolute atomic E-state index is 0.0830. The van der Waals surface area contributed by atoms with Crippen molar-refractivity contribution in [2.75, 3.05) is 75.6 Å². The Kier molecular flexibility index (Phi) is 12.0. The van der Waals surface area contributed by atoms with E-state index in [1.54, 1.807) is 6.92 Å². The van der Waals surface area contributed by atoms with Gasteiger partial charge in [-0.2, -0.15) is 0 Å². The largest absolute Gasteiger partial charge is 0.456 e. The van der Waals surface area contributed by atoms with E-state index in [1.807, 2.05) is 48.5 Å². The maximum absolute atomic E-state index is 13.4. The van der Waals surface area contributed by atoms with Crippen molar-refractivity contribution in [2.24, 2.45) is 0 Å². The van der Waals surface area contributed by atoms with Crippen LogP contribution < -0.4 is 0 Å². The lowest BCUT2D eigenvalue weighted by molar-refractivity contribution is -0.903. The zero-order valence-electron chi connectivity index (χ0n) is 28.3. The number of rotatable bonds is 16. The van der Waals surface area contributed by atoms with Gasteiger partial charge in [0.05, 0.1) is 61.4 Å². The lowest BCUT2D eigenvalue weighted by atomic mass is 9.91. The Bertz CT molecular complexity index is 1400. The fraction of sp³-hybridized carbons (Fsp3) is 0.486. The number of carbonyl (C=O) groups is 3. The Labute approximate surface area is 265 Å². The molecular formula is C37H54N3O4+3. The van der Waals surface area contributed by atoms with Crippen molar-refractivity contribution in [3.8, 4) is 0 Å². The molecule has 238 valence electrons. The number of likely N-dealkylation sites (N-methyl/N-ethyl adjacent to an activating group) is 1. The highest BCUT2D eigenvalue weighted by Gasteiger charge is 2.26. The van der Waals surface area contributed by atoms with E-state index in [2.05, 4.69) is 61.5 Å². The highest BCUT2D eigenvalue weighted by Crippen LogP contribution is 2.25. The second-order valence-corrected chi connectivity index (χ2v) is 14.5. The minimum atomic E-state index is -0.284. The number of allylic oxidation sites excluding steroid dienone is 2. The van der Waals surface area contributed by atoms with Gasteiger partial charge in [-0.1, -0.05) is 54.6 Å². The zero-order chi connectivity index (χ0) is 32.5. The molecule has 0 bridgehead atoms. The molecule has 7 nitrogen and oxygen atoms in total. The molecule has 1 aliphatic carbocycles. The molecule has 0 N–H and O–H groups in total. The lowest BCUT2D eigenvalue weighted by Crippen LogP contribution is -2.44. The van der Waals surface area contributed by atoms with Crippen LogP contribution in [0.1, 0.15) is 64.4 Å². The van der Waals surface area contributed by atoms with E-state index in [1.165, 1.54) is 0 Å². The molecule has 0 amide bonds. The summed E-state index contributed by atoms with van der Waals surface area (Å²) in [6, 6.07) is 15.5. The molecule has 0 radical (unpaired) electrons. The predicted octanol–water partition coefficient (Wildman–Crippen LogP) is 5.60. The molecule has 2 aromatic carbocycles. The molecule has 3 rings (SSSR count). The Hall–Kier alpha value is -3.39. The van der Waals surface area contributed by atoms with Crippen LogP contribution in [-0.2, 0) is 22.6 Å². The van der Waals surface area contributed by atoms with E-state index in [9.17, 15) is 14.4 Å². The summed E-state index contributed by atoms with van der Waals surface area (Å²) < 4.78 is 7.80. The highest BCUT2D eigenvalue weighted by atomic mass is 16.5. The number of hydrogen-bond acceptors (Lipinski definition) is 4. The van der Waals surface area contributed by atoms with Gasteiger partial charge in [-0.25, -0.2) is 4.79 Å². The van der Waals surface area contributed by atoms with Crippen LogP contribution in [0.4, 0.5) is 0 Å². The third-order valence-electron chi connectivity index (χ3n) is 8.12. The first-order valence-corrected chi connectivity index (χ1v) is 15.8. The van der Waals surface area contributed by atoms with Gasteiger partial charge in [0.25, 0.3) is 0 Å². The van der Waals surface area contributed by atoms with Gasteiger partial charge in [0.15, 0.2) is 11.6 Å². The van der Waals surface area contributed by atoms with Crippen LogP contribution in [0.5, 0.6) is 0 Å². The van der Waals surface area contributed by atoms with Gasteiger partial charge in [-0.15, -0.1) is 0 Å². The molecule has 0 fully saturated rings. The maximum Gasteiger partial charge on any atom is 0.338 e. The fourth-order valence-corrected chi connectivity index (χ4v) is 5.88. The number of nitrogens with zero attached hydrogens (tertiary/aromatic N) is 3. The summed E-state index contributed by atoms with van der Waals surface area (Å²) >= 11 is 0. The summed E-state index contributed by atoms with van der Waals surface area (Å²) in [4.78, 5) is 38.5. The average molecular weight is 605 g/mol. The summed E-state index contributed by atoms with van der Waals surface area (Å²) in [5.74, 6) is -0.00666. The van der Waals surface area contributed by atoms with Gasteiger partial charge in [-0.05, 0) is 25.8 Å². The van der Waals surface area contributed by atoms with Crippen LogP contribution in [0.25, 0.3) is 0 Å². The standard InChI is InChI=1S/C37H54N3O4/c1-29(41)33-19-12-9-17-31(33)27-39(5,6)23-15-22-36(42)34-20-13-10-18-32(34)28-40(7,8)24-25-44-37(43)35-21-14-11-16-30(35)26-38(2,3)4/h9,11-12,14,16-21H,10,13,15,22-28H2,1-8H3/q+3. The zero-order valence-corrected chi connectivity index (χ0v) is 28.3. The van der Waals surface area contributed by atoms with E-state index in [0.29, 0.717) is 40.6 Å². The van der Waals surface area contributed by atoms with Crippen molar-refractivity contribution >= 4 is 17.5 Å². The molecule has 0 spiro atoms. The number of benzene rings is 2. The summed E-state index contributed by atoms with van der Waals surface area (Å²) in [5.41, 5.74) is 5.38. The van der Waals surface area contributed by atoms with Crippen molar-refractivity contribution in [2.45, 2.75) is 45.7 Å². The van der Waals surface area contributed by atoms with Crippen molar-refractivity contribution < 1.29 is 32.6 Å². The first-order valence-electron chi connectivity index (χ1n) is 15.8. The predicted molar refractivity (Wildman–Crippen MR) is 177 cm³/mol.